The van der Waals surface area contributed by atoms with Crippen LogP contribution in [0.1, 0.15) is 22.3 Å². The molecule has 3 rings (SSSR count). The number of aromatic carboxylic acids is 1. The molecule has 9 heteroatoms. The van der Waals surface area contributed by atoms with Gasteiger partial charge >= 0.3 is 5.97 Å². The van der Waals surface area contributed by atoms with Crippen molar-refractivity contribution in [1.82, 2.24) is 0 Å². The number of non-ortho nitro benzene ring substituents is 1. The molecule has 1 unspecified atom stereocenters. The number of rotatable bonds is 5. The summed E-state index contributed by atoms with van der Waals surface area (Å²) >= 11 is 0. The van der Waals surface area contributed by atoms with Gasteiger partial charge in [-0.3, -0.25) is 19.7 Å². The number of imide groups is 1. The van der Waals surface area contributed by atoms with Gasteiger partial charge in [0.2, 0.25) is 5.91 Å². The highest BCUT2D eigenvalue weighted by molar-refractivity contribution is 6.23. The molecule has 2 N–H and O–H groups in total. The summed E-state index contributed by atoms with van der Waals surface area (Å²) in [6.45, 7) is 1.68. The third-order valence-electron chi connectivity index (χ3n) is 4.26. The molecule has 0 aromatic heterocycles. The van der Waals surface area contributed by atoms with Crippen molar-refractivity contribution in [3.63, 3.8) is 0 Å². The Hall–Kier alpha value is -3.75. The second-order valence-corrected chi connectivity index (χ2v) is 6.08. The quantitative estimate of drug-likeness (QED) is 0.470. The van der Waals surface area contributed by atoms with Crippen molar-refractivity contribution in [3.8, 4) is 0 Å². The van der Waals surface area contributed by atoms with E-state index in [1.165, 1.54) is 42.5 Å². The number of hydrogen-bond acceptors (Lipinski definition) is 6. The van der Waals surface area contributed by atoms with Gasteiger partial charge in [-0.05, 0) is 36.8 Å². The summed E-state index contributed by atoms with van der Waals surface area (Å²) < 4.78 is 0. The normalized spacial score (nSPS) is 16.5. The maximum absolute atomic E-state index is 12.7. The molecule has 0 radical (unpaired) electrons. The molecule has 1 saturated heterocycles. The lowest BCUT2D eigenvalue weighted by Gasteiger charge is -2.18. The van der Waals surface area contributed by atoms with Crippen molar-refractivity contribution < 1.29 is 24.4 Å². The first-order chi connectivity index (χ1) is 12.8. The topological polar surface area (TPSA) is 130 Å². The highest BCUT2D eigenvalue weighted by Crippen LogP contribution is 2.29. The zero-order valence-corrected chi connectivity index (χ0v) is 14.2. The third kappa shape index (κ3) is 3.47. The largest absolute Gasteiger partial charge is 0.478 e. The molecule has 1 fully saturated rings. The molecule has 1 aliphatic heterocycles. The number of anilines is 2. The molecule has 2 amide bonds. The summed E-state index contributed by atoms with van der Waals surface area (Å²) in [7, 11) is 0. The second-order valence-electron chi connectivity index (χ2n) is 6.08. The Morgan fingerprint density at radius 1 is 1.22 bits per heavy atom. The summed E-state index contributed by atoms with van der Waals surface area (Å²) in [4.78, 5) is 47.4. The van der Waals surface area contributed by atoms with E-state index in [0.717, 1.165) is 4.90 Å². The second kappa shape index (κ2) is 6.87. The van der Waals surface area contributed by atoms with Crippen LogP contribution < -0.4 is 10.2 Å². The van der Waals surface area contributed by atoms with Gasteiger partial charge in [0.15, 0.2) is 0 Å². The number of nitro benzene ring substituents is 1. The lowest BCUT2D eigenvalue weighted by atomic mass is 10.1. The molecular weight excluding hydrogens is 354 g/mol. The number of aryl methyl sites for hydroxylation is 1. The number of carboxylic acid groups (broad SMARTS) is 1. The van der Waals surface area contributed by atoms with Gasteiger partial charge < -0.3 is 10.4 Å². The number of nitrogens with one attached hydrogen (secondary N) is 1. The Kier molecular flexibility index (Phi) is 4.59. The molecule has 1 heterocycles. The van der Waals surface area contributed by atoms with E-state index >= 15 is 0 Å². The van der Waals surface area contributed by atoms with E-state index < -0.39 is 28.7 Å². The summed E-state index contributed by atoms with van der Waals surface area (Å²) in [6, 6.07) is 8.89. The summed E-state index contributed by atoms with van der Waals surface area (Å²) in [5.41, 5.74) is 1.18. The van der Waals surface area contributed by atoms with Crippen molar-refractivity contribution in [2.45, 2.75) is 19.4 Å². The highest BCUT2D eigenvalue weighted by atomic mass is 16.6. The first-order valence-electron chi connectivity index (χ1n) is 7.99. The van der Waals surface area contributed by atoms with Gasteiger partial charge in [0, 0.05) is 17.8 Å². The van der Waals surface area contributed by atoms with Crippen molar-refractivity contribution in [2.24, 2.45) is 0 Å². The van der Waals surface area contributed by atoms with Gasteiger partial charge in [-0.15, -0.1) is 0 Å². The fourth-order valence-electron chi connectivity index (χ4n) is 2.86. The Morgan fingerprint density at radius 3 is 2.48 bits per heavy atom. The van der Waals surface area contributed by atoms with E-state index in [9.17, 15) is 24.5 Å². The molecule has 0 saturated carbocycles. The molecule has 1 atom stereocenters. The first-order valence-corrected chi connectivity index (χ1v) is 7.99. The molecule has 9 nitrogen and oxygen atoms in total. The van der Waals surface area contributed by atoms with Gasteiger partial charge in [0.25, 0.3) is 11.6 Å². The Morgan fingerprint density at radius 2 is 1.89 bits per heavy atom. The number of carboxylic acids is 1. The predicted octanol–water partition coefficient (Wildman–Crippen LogP) is 2.35. The molecule has 138 valence electrons. The lowest BCUT2D eigenvalue weighted by molar-refractivity contribution is -0.384. The average Bonchev–Trinajstić information content (AvgIpc) is 2.89. The van der Waals surface area contributed by atoms with Gasteiger partial charge in [0.05, 0.1) is 22.6 Å². The SMILES string of the molecule is Cc1ccc(C(=O)O)cc1N1C(=O)CC(Nc2ccc([N+](=O)[O-])cc2)C1=O. The molecule has 0 spiro atoms. The monoisotopic (exact) mass is 369 g/mol. The van der Waals surface area contributed by atoms with E-state index in [-0.39, 0.29) is 23.4 Å². The minimum atomic E-state index is -1.16. The molecule has 0 bridgehead atoms. The van der Waals surface area contributed by atoms with Gasteiger partial charge in [0.1, 0.15) is 6.04 Å². The van der Waals surface area contributed by atoms with E-state index in [4.69, 9.17) is 5.11 Å². The molecule has 0 aliphatic carbocycles. The number of benzene rings is 2. The Labute approximate surface area is 153 Å². The molecule has 27 heavy (non-hydrogen) atoms. The number of carbonyl (C=O) groups is 3. The number of nitrogens with zero attached hydrogens (tertiary/aromatic N) is 2. The maximum Gasteiger partial charge on any atom is 0.335 e. The van der Waals surface area contributed by atoms with Crippen LogP contribution in [0.3, 0.4) is 0 Å². The minimum absolute atomic E-state index is 0.0250. The number of nitro groups is 1. The van der Waals surface area contributed by atoms with Crippen LogP contribution in [0.5, 0.6) is 0 Å². The van der Waals surface area contributed by atoms with Gasteiger partial charge in [-0.25, -0.2) is 9.69 Å². The summed E-state index contributed by atoms with van der Waals surface area (Å²) in [5, 5.41) is 22.7. The van der Waals surface area contributed by atoms with Gasteiger partial charge in [-0.2, -0.15) is 0 Å². The van der Waals surface area contributed by atoms with Crippen molar-refractivity contribution in [2.75, 3.05) is 10.2 Å². The molecule has 2 aromatic carbocycles. The van der Waals surface area contributed by atoms with Gasteiger partial charge in [-0.1, -0.05) is 6.07 Å². The van der Waals surface area contributed by atoms with Crippen LogP contribution in [0.15, 0.2) is 42.5 Å². The number of carbonyl (C=O) groups excluding carboxylic acids is 2. The number of hydrogen-bond donors (Lipinski definition) is 2. The first kappa shape index (κ1) is 18.1. The zero-order valence-electron chi connectivity index (χ0n) is 14.2. The Bertz CT molecular complexity index is 954. The number of amides is 2. The minimum Gasteiger partial charge on any atom is -0.478 e. The lowest BCUT2D eigenvalue weighted by Crippen LogP contribution is -2.35. The van der Waals surface area contributed by atoms with Crippen LogP contribution in [0, 0.1) is 17.0 Å². The van der Waals surface area contributed by atoms with Crippen LogP contribution in [-0.4, -0.2) is 33.9 Å². The van der Waals surface area contributed by atoms with Crippen LogP contribution in [-0.2, 0) is 9.59 Å². The molecular formula is C18H15N3O6. The standard InChI is InChI=1S/C18H15N3O6/c1-10-2-3-11(18(24)25)8-15(10)20-16(22)9-14(17(20)23)19-12-4-6-13(7-5-12)21(26)27/h2-8,14,19H,9H2,1H3,(H,24,25). The van der Waals surface area contributed by atoms with Crippen LogP contribution in [0.4, 0.5) is 17.1 Å². The fraction of sp³-hybridized carbons (Fsp3) is 0.167. The predicted molar refractivity (Wildman–Crippen MR) is 95.8 cm³/mol. The summed E-state index contributed by atoms with van der Waals surface area (Å²) in [6.07, 6.45) is -0.105. The van der Waals surface area contributed by atoms with Crippen molar-refractivity contribution >= 4 is 34.8 Å². The Balaban J connectivity index is 1.84. The van der Waals surface area contributed by atoms with Crippen LogP contribution in [0.25, 0.3) is 0 Å². The van der Waals surface area contributed by atoms with Crippen molar-refractivity contribution in [1.29, 1.82) is 0 Å². The van der Waals surface area contributed by atoms with E-state index in [1.54, 1.807) is 6.92 Å². The zero-order chi connectivity index (χ0) is 19.7. The third-order valence-corrected chi connectivity index (χ3v) is 4.26. The maximum atomic E-state index is 12.7. The van der Waals surface area contributed by atoms with E-state index in [1.807, 2.05) is 0 Å². The smallest absolute Gasteiger partial charge is 0.335 e. The van der Waals surface area contributed by atoms with E-state index in [2.05, 4.69) is 5.32 Å². The van der Waals surface area contributed by atoms with Crippen LogP contribution >= 0.6 is 0 Å². The van der Waals surface area contributed by atoms with E-state index in [0.29, 0.717) is 11.3 Å². The van der Waals surface area contributed by atoms with Crippen LogP contribution in [0.2, 0.25) is 0 Å². The summed E-state index contributed by atoms with van der Waals surface area (Å²) in [5.74, 6) is -2.12. The van der Waals surface area contributed by atoms with Crippen molar-refractivity contribution in [3.05, 3.63) is 63.7 Å². The molecule has 1 aliphatic rings. The highest BCUT2D eigenvalue weighted by Gasteiger charge is 2.40. The fourth-order valence-corrected chi connectivity index (χ4v) is 2.86. The molecule has 2 aromatic rings. The average molecular weight is 369 g/mol.